The van der Waals surface area contributed by atoms with Gasteiger partial charge in [0.2, 0.25) is 0 Å². The van der Waals surface area contributed by atoms with Crippen LogP contribution in [0, 0.1) is 0 Å². The number of esters is 2. The maximum absolute atomic E-state index is 12.7. The number of ether oxygens (including phenoxy) is 2. The van der Waals surface area contributed by atoms with Crippen LogP contribution in [0.25, 0.3) is 0 Å². The van der Waals surface area contributed by atoms with Crippen LogP contribution in [0.1, 0.15) is 206 Å². The molecule has 0 saturated heterocycles. The normalized spacial score (nSPS) is 14.9. The number of aliphatic hydroxyl groups excluding tert-OH is 2. The van der Waals surface area contributed by atoms with Crippen LogP contribution < -0.4 is 5.73 Å². The molecule has 14 heteroatoms. The van der Waals surface area contributed by atoms with E-state index in [9.17, 15) is 34.1 Å². The lowest BCUT2D eigenvalue weighted by Crippen LogP contribution is -2.34. The molecule has 0 aromatic carbocycles. The zero-order chi connectivity index (χ0) is 44.5. The number of rotatable bonds is 44. The Labute approximate surface area is 363 Å². The van der Waals surface area contributed by atoms with E-state index in [1.165, 1.54) is 89.9 Å². The fourth-order valence-corrected chi connectivity index (χ4v) is 7.27. The minimum absolute atomic E-state index is 0.0633. The molecule has 0 heterocycles. The van der Waals surface area contributed by atoms with Gasteiger partial charge in [0.15, 0.2) is 6.10 Å². The summed E-state index contributed by atoms with van der Waals surface area (Å²) in [6.07, 6.45) is 35.4. The van der Waals surface area contributed by atoms with E-state index in [2.05, 4.69) is 36.6 Å². The Morgan fingerprint density at radius 3 is 1.55 bits per heavy atom. The van der Waals surface area contributed by atoms with Gasteiger partial charge >= 0.3 is 25.7 Å². The van der Waals surface area contributed by atoms with Crippen molar-refractivity contribution in [3.8, 4) is 0 Å². The molecule has 0 aliphatic heterocycles. The molecule has 0 rings (SSSR count). The third-order valence-electron chi connectivity index (χ3n) is 10.4. The molecule has 13 nitrogen and oxygen atoms in total. The number of aliphatic carboxylic acids is 1. The minimum Gasteiger partial charge on any atom is -0.480 e. The highest BCUT2D eigenvalue weighted by Crippen LogP contribution is 2.43. The monoisotopic (exact) mass is 876 g/mol. The quantitative estimate of drug-likeness (QED) is 0.0167. The van der Waals surface area contributed by atoms with Gasteiger partial charge in [0.25, 0.3) is 0 Å². The molecule has 1 unspecified atom stereocenters. The zero-order valence-electron chi connectivity index (χ0n) is 37.5. The van der Waals surface area contributed by atoms with Crippen LogP contribution in [-0.2, 0) is 37.5 Å². The largest absolute Gasteiger partial charge is 0.480 e. The molecule has 0 fully saturated rings. The summed E-state index contributed by atoms with van der Waals surface area (Å²) in [5.74, 6) is -2.51. The van der Waals surface area contributed by atoms with Crippen LogP contribution in [0.15, 0.2) is 24.3 Å². The van der Waals surface area contributed by atoms with Gasteiger partial charge in [0.1, 0.15) is 12.6 Å². The van der Waals surface area contributed by atoms with E-state index < -0.39 is 69.9 Å². The fourth-order valence-electron chi connectivity index (χ4n) is 6.49. The summed E-state index contributed by atoms with van der Waals surface area (Å²) >= 11 is 0. The van der Waals surface area contributed by atoms with E-state index in [1.807, 2.05) is 6.08 Å². The number of allylic oxidation sites excluding steroid dienone is 3. The molecule has 0 amide bonds. The molecule has 6 N–H and O–H groups in total. The number of phosphoric ester groups is 1. The predicted octanol–water partition coefficient (Wildman–Crippen LogP) is 10.6. The Hall–Kier alpha value is -2.12. The third-order valence-corrected chi connectivity index (χ3v) is 11.3. The van der Waals surface area contributed by atoms with Crippen molar-refractivity contribution < 1.29 is 57.7 Å². The van der Waals surface area contributed by atoms with E-state index >= 15 is 0 Å². The minimum atomic E-state index is -4.76. The number of carboxylic acid groups (broad SMARTS) is 1. The molecule has 0 aromatic rings. The number of hydrogen-bond acceptors (Lipinski definition) is 11. The van der Waals surface area contributed by atoms with Gasteiger partial charge < -0.3 is 35.4 Å². The number of hydrogen-bond donors (Lipinski definition) is 5. The highest BCUT2D eigenvalue weighted by molar-refractivity contribution is 7.47. The molecule has 0 aliphatic carbocycles. The van der Waals surface area contributed by atoms with Gasteiger partial charge in [-0.1, -0.05) is 154 Å². The lowest BCUT2D eigenvalue weighted by Gasteiger charge is -2.20. The molecule has 0 spiro atoms. The van der Waals surface area contributed by atoms with Crippen LogP contribution in [-0.4, -0.2) is 82.3 Å². The first-order chi connectivity index (χ1) is 28.9. The van der Waals surface area contributed by atoms with Gasteiger partial charge in [-0.2, -0.15) is 0 Å². The van der Waals surface area contributed by atoms with Crippen molar-refractivity contribution >= 4 is 25.7 Å². The first-order valence-corrected chi connectivity index (χ1v) is 25.0. The van der Waals surface area contributed by atoms with E-state index in [0.717, 1.165) is 64.2 Å². The average molecular weight is 876 g/mol. The molecular weight excluding hydrogens is 789 g/mol. The molecule has 0 saturated carbocycles. The second-order valence-electron chi connectivity index (χ2n) is 16.2. The molecule has 0 bridgehead atoms. The maximum atomic E-state index is 12.7. The van der Waals surface area contributed by atoms with Gasteiger partial charge in [-0.3, -0.25) is 23.4 Å². The predicted molar refractivity (Wildman–Crippen MR) is 238 cm³/mol. The number of unbranched alkanes of at least 4 members (excludes halogenated alkanes) is 22. The fraction of sp³-hybridized carbons (Fsp3) is 0.848. The number of carbonyl (C=O) groups is 3. The van der Waals surface area contributed by atoms with Crippen molar-refractivity contribution in [3.05, 3.63) is 24.3 Å². The van der Waals surface area contributed by atoms with Gasteiger partial charge in [-0.25, -0.2) is 4.57 Å². The Morgan fingerprint density at radius 2 is 1.00 bits per heavy atom. The van der Waals surface area contributed by atoms with Crippen molar-refractivity contribution in [3.63, 3.8) is 0 Å². The second kappa shape index (κ2) is 40.9. The van der Waals surface area contributed by atoms with Crippen molar-refractivity contribution in [2.24, 2.45) is 5.73 Å². The lowest BCUT2D eigenvalue weighted by atomic mass is 10.0. The molecule has 0 aliphatic rings. The third kappa shape index (κ3) is 38.8. The van der Waals surface area contributed by atoms with Crippen molar-refractivity contribution in [1.82, 2.24) is 0 Å². The topological polar surface area (TPSA) is 212 Å². The van der Waals surface area contributed by atoms with E-state index in [0.29, 0.717) is 25.7 Å². The Morgan fingerprint density at radius 1 is 0.567 bits per heavy atom. The van der Waals surface area contributed by atoms with Crippen LogP contribution in [0.3, 0.4) is 0 Å². The number of carbonyl (C=O) groups excluding carboxylic acids is 2. The SMILES string of the molecule is CCCCC/C=C\C[C@H](O)[C@@H](O)CCCCCCCC(=O)O[C@H](COC(=O)CCCCCCCCCCC/C=C\CCCCCCCC)COP(=O)(O)OC[C@H](N)C(=O)O. The van der Waals surface area contributed by atoms with Gasteiger partial charge in [0.05, 0.1) is 25.4 Å². The highest BCUT2D eigenvalue weighted by Gasteiger charge is 2.28. The summed E-state index contributed by atoms with van der Waals surface area (Å²) < 4.78 is 32.7. The van der Waals surface area contributed by atoms with Gasteiger partial charge in [-0.05, 0) is 64.2 Å². The zero-order valence-corrected chi connectivity index (χ0v) is 38.4. The van der Waals surface area contributed by atoms with Crippen LogP contribution in [0.5, 0.6) is 0 Å². The van der Waals surface area contributed by atoms with Crippen LogP contribution in [0.2, 0.25) is 0 Å². The molecular formula is C46H86NO12P. The highest BCUT2D eigenvalue weighted by atomic mass is 31.2. The molecule has 0 aromatic heterocycles. The first-order valence-electron chi connectivity index (χ1n) is 23.5. The summed E-state index contributed by atoms with van der Waals surface area (Å²) in [7, 11) is -4.76. The molecule has 352 valence electrons. The second-order valence-corrected chi connectivity index (χ2v) is 17.6. The van der Waals surface area contributed by atoms with E-state index in [1.54, 1.807) is 0 Å². The summed E-state index contributed by atoms with van der Waals surface area (Å²) in [5.41, 5.74) is 5.33. The Balaban J connectivity index is 4.40. The number of phosphoric acid groups is 1. The lowest BCUT2D eigenvalue weighted by molar-refractivity contribution is -0.161. The van der Waals surface area contributed by atoms with Crippen LogP contribution >= 0.6 is 7.82 Å². The van der Waals surface area contributed by atoms with Crippen molar-refractivity contribution in [1.29, 1.82) is 0 Å². The summed E-state index contributed by atoms with van der Waals surface area (Å²) in [6, 6.07) is -1.55. The molecule has 60 heavy (non-hydrogen) atoms. The van der Waals surface area contributed by atoms with Crippen molar-refractivity contribution in [2.75, 3.05) is 19.8 Å². The average Bonchev–Trinajstić information content (AvgIpc) is 3.22. The van der Waals surface area contributed by atoms with Gasteiger partial charge in [-0.15, -0.1) is 0 Å². The maximum Gasteiger partial charge on any atom is 0.472 e. The first kappa shape index (κ1) is 57.9. The Kier molecular flexibility index (Phi) is 39.5. The molecule has 0 radical (unpaired) electrons. The number of nitrogens with two attached hydrogens (primary N) is 1. The number of carboxylic acids is 1. The Bertz CT molecular complexity index is 1150. The molecule has 5 atom stereocenters. The van der Waals surface area contributed by atoms with E-state index in [4.69, 9.17) is 24.8 Å². The summed E-state index contributed by atoms with van der Waals surface area (Å²) in [5, 5.41) is 29.4. The van der Waals surface area contributed by atoms with Crippen molar-refractivity contribution in [2.45, 2.75) is 231 Å². The summed E-state index contributed by atoms with van der Waals surface area (Å²) in [6.45, 7) is 2.60. The standard InChI is InChI=1S/C46H86NO12P/c1-3-5-7-9-11-12-13-14-15-16-17-18-19-20-21-22-23-27-31-35-44(50)56-37-40(38-57-60(54,55)58-39-41(47)46(52)53)59-45(51)36-32-28-24-26-30-34-43(49)42(48)33-29-25-10-8-6-4-2/h14-15,25,29,40-43,48-49H,3-13,16-24,26-28,30-39,47H2,1-2H3,(H,52,53)(H,54,55)/b15-14-,29-25-/t40-,41+,42+,43+/m1/s1. The van der Waals surface area contributed by atoms with Crippen LogP contribution in [0.4, 0.5) is 0 Å². The van der Waals surface area contributed by atoms with E-state index in [-0.39, 0.29) is 12.8 Å². The number of aliphatic hydroxyl groups is 2. The summed E-state index contributed by atoms with van der Waals surface area (Å²) in [4.78, 5) is 46.1. The smallest absolute Gasteiger partial charge is 0.472 e. The van der Waals surface area contributed by atoms with Gasteiger partial charge in [0, 0.05) is 12.8 Å².